The van der Waals surface area contributed by atoms with Crippen LogP contribution in [0, 0.1) is 34.5 Å². The van der Waals surface area contributed by atoms with Crippen LogP contribution in [0.4, 0.5) is 0 Å². The minimum Gasteiger partial charge on any atom is -0.393 e. The van der Waals surface area contributed by atoms with Crippen LogP contribution in [0.2, 0.25) is 0 Å². The van der Waals surface area contributed by atoms with Crippen molar-refractivity contribution in [2.24, 2.45) is 39.6 Å². The summed E-state index contributed by atoms with van der Waals surface area (Å²) in [6, 6.07) is 3.44. The minimum atomic E-state index is -0.153. The molecule has 162 valence electrons. The summed E-state index contributed by atoms with van der Waals surface area (Å²) < 4.78 is 0. The molecule has 5 nitrogen and oxygen atoms in total. The van der Waals surface area contributed by atoms with Gasteiger partial charge in [-0.15, -0.1) is 0 Å². The average Bonchev–Trinajstić information content (AvgIpc) is 3.09. The Morgan fingerprint density at radius 2 is 1.90 bits per heavy atom. The van der Waals surface area contributed by atoms with Gasteiger partial charge in [-0.2, -0.15) is 5.10 Å². The number of nitrogens with one attached hydrogen (secondary N) is 1. The number of hydrogen-bond acceptors (Lipinski definition) is 4. The first kappa shape index (κ1) is 20.2. The molecule has 2 N–H and O–H groups in total. The van der Waals surface area contributed by atoms with Gasteiger partial charge in [0.25, 0.3) is 5.91 Å². The molecule has 4 fully saturated rings. The zero-order valence-electron chi connectivity index (χ0n) is 18.3. The van der Waals surface area contributed by atoms with Crippen LogP contribution in [0.15, 0.2) is 29.6 Å². The number of aromatic nitrogens is 1. The van der Waals surface area contributed by atoms with E-state index in [1.165, 1.54) is 44.2 Å². The second-order valence-corrected chi connectivity index (χ2v) is 10.8. The molecule has 0 saturated heterocycles. The molecule has 5 rings (SSSR count). The van der Waals surface area contributed by atoms with Gasteiger partial charge in [0.1, 0.15) is 0 Å². The Hall–Kier alpha value is -1.75. The van der Waals surface area contributed by atoms with E-state index in [0.29, 0.717) is 22.8 Å². The van der Waals surface area contributed by atoms with Gasteiger partial charge < -0.3 is 5.11 Å². The summed E-state index contributed by atoms with van der Waals surface area (Å²) in [6.45, 7) is 4.93. The summed E-state index contributed by atoms with van der Waals surface area (Å²) in [5, 5.41) is 14.9. The third-order valence-electron chi connectivity index (χ3n) is 9.61. The maximum atomic E-state index is 12.5. The molecule has 1 aromatic heterocycles. The van der Waals surface area contributed by atoms with Crippen LogP contribution in [0.5, 0.6) is 0 Å². The molecular formula is C25H35N3O2. The van der Waals surface area contributed by atoms with Crippen LogP contribution in [0.25, 0.3) is 0 Å². The summed E-state index contributed by atoms with van der Waals surface area (Å²) >= 11 is 0. The highest BCUT2D eigenvalue weighted by Crippen LogP contribution is 2.65. The number of nitrogens with zero attached hydrogens (tertiary/aromatic N) is 2. The molecule has 0 aromatic carbocycles. The van der Waals surface area contributed by atoms with E-state index in [-0.39, 0.29) is 17.4 Å². The van der Waals surface area contributed by atoms with Crippen molar-refractivity contribution in [1.82, 2.24) is 10.4 Å². The van der Waals surface area contributed by atoms with Crippen molar-refractivity contribution in [3.63, 3.8) is 0 Å². The molecule has 4 saturated carbocycles. The molecule has 1 amide bonds. The standard InChI is InChI=1S/C25H35N3O2/c1-24-11-7-18(29)15-17(24)3-4-19-20-5-6-22(25(20,2)12-8-21(19)24)27-28-23(30)16-9-13-26-14-10-16/h9-10,13-14,17-21,29H,3-8,11-12,15H2,1-2H3,(H,28,30)/b27-22-/t17-,18-,19+,20+,21+,24-,25-/m0/s1. The van der Waals surface area contributed by atoms with E-state index in [2.05, 4.69) is 29.4 Å². The zero-order chi connectivity index (χ0) is 20.9. The third kappa shape index (κ3) is 3.12. The Morgan fingerprint density at radius 3 is 2.70 bits per heavy atom. The molecule has 7 atom stereocenters. The highest BCUT2D eigenvalue weighted by atomic mass is 16.3. The Bertz CT molecular complexity index is 840. The smallest absolute Gasteiger partial charge is 0.271 e. The minimum absolute atomic E-state index is 0.0808. The molecule has 5 heteroatoms. The zero-order valence-corrected chi connectivity index (χ0v) is 18.3. The van der Waals surface area contributed by atoms with E-state index < -0.39 is 0 Å². The molecule has 30 heavy (non-hydrogen) atoms. The first-order valence-electron chi connectivity index (χ1n) is 11.9. The lowest BCUT2D eigenvalue weighted by atomic mass is 9.45. The van der Waals surface area contributed by atoms with Gasteiger partial charge in [-0.1, -0.05) is 13.8 Å². The Morgan fingerprint density at radius 1 is 1.10 bits per heavy atom. The molecule has 1 aromatic rings. The van der Waals surface area contributed by atoms with Crippen molar-refractivity contribution in [1.29, 1.82) is 0 Å². The quantitative estimate of drug-likeness (QED) is 0.703. The predicted molar refractivity (Wildman–Crippen MR) is 117 cm³/mol. The average molecular weight is 410 g/mol. The van der Waals surface area contributed by atoms with Crippen LogP contribution < -0.4 is 5.43 Å². The third-order valence-corrected chi connectivity index (χ3v) is 9.61. The second-order valence-electron chi connectivity index (χ2n) is 10.8. The van der Waals surface area contributed by atoms with E-state index in [1.54, 1.807) is 24.5 Å². The largest absolute Gasteiger partial charge is 0.393 e. The van der Waals surface area contributed by atoms with Crippen LogP contribution in [-0.4, -0.2) is 27.8 Å². The van der Waals surface area contributed by atoms with E-state index in [9.17, 15) is 9.90 Å². The van der Waals surface area contributed by atoms with E-state index >= 15 is 0 Å². The summed E-state index contributed by atoms with van der Waals surface area (Å²) in [6.07, 6.45) is 13.6. The van der Waals surface area contributed by atoms with Crippen molar-refractivity contribution in [2.75, 3.05) is 0 Å². The number of amides is 1. The molecule has 4 aliphatic carbocycles. The predicted octanol–water partition coefficient (Wildman–Crippen LogP) is 4.57. The lowest BCUT2D eigenvalue weighted by Gasteiger charge is -2.60. The fourth-order valence-corrected chi connectivity index (χ4v) is 7.89. The van der Waals surface area contributed by atoms with Crippen LogP contribution in [0.1, 0.15) is 82.0 Å². The lowest BCUT2D eigenvalue weighted by Crippen LogP contribution is -2.54. The van der Waals surface area contributed by atoms with Gasteiger partial charge in [0, 0.05) is 29.1 Å². The van der Waals surface area contributed by atoms with Gasteiger partial charge in [0.2, 0.25) is 0 Å². The van der Waals surface area contributed by atoms with Crippen molar-refractivity contribution >= 4 is 11.6 Å². The SMILES string of the molecule is C[C@]12CC[C@H](O)C[C@@H]1CC[C@H]1[C@H]2CC[C@]2(C)/C(=N\NC(=O)c3ccncc3)CC[C@H]12. The lowest BCUT2D eigenvalue weighted by molar-refractivity contribution is -0.113. The Balaban J connectivity index is 1.33. The number of fused-ring (bicyclic) bond motifs is 5. The summed E-state index contributed by atoms with van der Waals surface area (Å²) in [5.74, 6) is 2.77. The summed E-state index contributed by atoms with van der Waals surface area (Å²) in [7, 11) is 0. The van der Waals surface area contributed by atoms with Gasteiger partial charge in [0.15, 0.2) is 0 Å². The molecule has 0 spiro atoms. The molecule has 0 bridgehead atoms. The number of rotatable bonds is 2. The van der Waals surface area contributed by atoms with E-state index in [0.717, 1.165) is 31.1 Å². The number of aliphatic hydroxyl groups excluding tert-OH is 1. The number of hydrazone groups is 1. The van der Waals surface area contributed by atoms with Gasteiger partial charge in [-0.05, 0) is 99.0 Å². The monoisotopic (exact) mass is 409 g/mol. The maximum absolute atomic E-state index is 12.5. The summed E-state index contributed by atoms with van der Waals surface area (Å²) in [5.41, 5.74) is 5.13. The maximum Gasteiger partial charge on any atom is 0.271 e. The number of hydrogen-bond donors (Lipinski definition) is 2. The van der Waals surface area contributed by atoms with E-state index in [4.69, 9.17) is 0 Å². The fourth-order valence-electron chi connectivity index (χ4n) is 7.89. The first-order valence-corrected chi connectivity index (χ1v) is 11.9. The molecule has 0 unspecified atom stereocenters. The molecule has 1 heterocycles. The highest BCUT2D eigenvalue weighted by molar-refractivity contribution is 5.97. The van der Waals surface area contributed by atoms with Gasteiger partial charge in [0.05, 0.1) is 6.10 Å². The normalized spacial score (nSPS) is 44.1. The number of aliphatic hydroxyl groups is 1. The van der Waals surface area contributed by atoms with Crippen molar-refractivity contribution in [3.05, 3.63) is 30.1 Å². The van der Waals surface area contributed by atoms with Gasteiger partial charge >= 0.3 is 0 Å². The van der Waals surface area contributed by atoms with Crippen molar-refractivity contribution in [2.45, 2.75) is 77.7 Å². The topological polar surface area (TPSA) is 74.6 Å². The number of pyridine rings is 1. The number of carbonyl (C=O) groups excluding carboxylic acids is 1. The van der Waals surface area contributed by atoms with Crippen LogP contribution in [-0.2, 0) is 0 Å². The van der Waals surface area contributed by atoms with Gasteiger partial charge in [-0.3, -0.25) is 9.78 Å². The van der Waals surface area contributed by atoms with E-state index in [1.807, 2.05) is 0 Å². The highest BCUT2D eigenvalue weighted by Gasteiger charge is 2.59. The van der Waals surface area contributed by atoms with Crippen LogP contribution in [0.3, 0.4) is 0 Å². The Kier molecular flexibility index (Phi) is 5.00. The van der Waals surface area contributed by atoms with Crippen molar-refractivity contribution < 1.29 is 9.90 Å². The molecular weight excluding hydrogens is 374 g/mol. The number of carbonyl (C=O) groups is 1. The molecule has 0 aliphatic heterocycles. The first-order chi connectivity index (χ1) is 14.4. The van der Waals surface area contributed by atoms with Crippen LogP contribution >= 0.6 is 0 Å². The summed E-state index contributed by atoms with van der Waals surface area (Å²) in [4.78, 5) is 16.4. The second kappa shape index (κ2) is 7.44. The van der Waals surface area contributed by atoms with Crippen molar-refractivity contribution in [3.8, 4) is 0 Å². The van der Waals surface area contributed by atoms with Gasteiger partial charge in [-0.25, -0.2) is 5.43 Å². The Labute approximate surface area is 179 Å². The molecule has 0 radical (unpaired) electrons. The molecule has 4 aliphatic rings. The fraction of sp³-hybridized carbons (Fsp3) is 0.720.